The fourth-order valence-electron chi connectivity index (χ4n) is 2.19. The number of carbonyl (C=O) groups is 2. The number of likely N-dealkylation sites (tertiary alicyclic amines) is 1. The van der Waals surface area contributed by atoms with Crippen LogP contribution in [0.25, 0.3) is 0 Å². The Morgan fingerprint density at radius 2 is 2.35 bits per heavy atom. The largest absolute Gasteiger partial charge is 0.361 e. The van der Waals surface area contributed by atoms with E-state index in [0.717, 1.165) is 12.8 Å². The summed E-state index contributed by atoms with van der Waals surface area (Å²) in [6.07, 6.45) is 2.09. The smallest absolute Gasteiger partial charge is 0.260 e. The van der Waals surface area contributed by atoms with E-state index in [0.29, 0.717) is 30.0 Å². The molecule has 1 aliphatic heterocycles. The number of nitrogens with zero attached hydrogens (tertiary/aromatic N) is 2. The van der Waals surface area contributed by atoms with Crippen LogP contribution >= 0.6 is 0 Å². The van der Waals surface area contributed by atoms with Crippen molar-refractivity contribution in [3.8, 4) is 0 Å². The lowest BCUT2D eigenvalue weighted by Crippen LogP contribution is -2.44. The summed E-state index contributed by atoms with van der Waals surface area (Å²) in [5.41, 5.74) is 1.09. The maximum Gasteiger partial charge on any atom is 0.260 e. The Morgan fingerprint density at radius 3 is 2.94 bits per heavy atom. The number of hydrogen-bond acceptors (Lipinski definition) is 4. The summed E-state index contributed by atoms with van der Waals surface area (Å²) in [5, 5.41) is 6.42. The predicted octanol–water partition coefficient (Wildman–Crippen LogP) is 0.600. The zero-order valence-corrected chi connectivity index (χ0v) is 9.90. The Labute approximate surface area is 98.9 Å². The zero-order valence-electron chi connectivity index (χ0n) is 9.90. The van der Waals surface area contributed by atoms with Gasteiger partial charge in [-0.3, -0.25) is 9.59 Å². The van der Waals surface area contributed by atoms with Crippen LogP contribution in [0.1, 0.15) is 34.7 Å². The van der Waals surface area contributed by atoms with E-state index in [-0.39, 0.29) is 12.1 Å². The van der Waals surface area contributed by atoms with E-state index >= 15 is 0 Å². The fourth-order valence-corrected chi connectivity index (χ4v) is 2.19. The van der Waals surface area contributed by atoms with Crippen molar-refractivity contribution < 1.29 is 14.1 Å². The maximum absolute atomic E-state index is 12.3. The predicted molar refractivity (Wildman–Crippen MR) is 59.2 cm³/mol. The molecule has 1 fully saturated rings. The van der Waals surface area contributed by atoms with Crippen molar-refractivity contribution in [1.82, 2.24) is 15.4 Å². The van der Waals surface area contributed by atoms with E-state index in [1.165, 1.54) is 0 Å². The molecule has 6 heteroatoms. The quantitative estimate of drug-likeness (QED) is 0.781. The van der Waals surface area contributed by atoms with Gasteiger partial charge in [-0.25, -0.2) is 0 Å². The average Bonchev–Trinajstić information content (AvgIpc) is 2.86. The van der Waals surface area contributed by atoms with E-state index in [9.17, 15) is 9.59 Å². The van der Waals surface area contributed by atoms with E-state index in [2.05, 4.69) is 10.5 Å². The second-order valence-electron chi connectivity index (χ2n) is 4.14. The van der Waals surface area contributed by atoms with Gasteiger partial charge < -0.3 is 14.7 Å². The summed E-state index contributed by atoms with van der Waals surface area (Å²) in [5.74, 6) is 0.391. The van der Waals surface area contributed by atoms with Gasteiger partial charge in [0.1, 0.15) is 17.5 Å². The van der Waals surface area contributed by atoms with Crippen molar-refractivity contribution >= 4 is 12.3 Å². The summed E-state index contributed by atoms with van der Waals surface area (Å²) >= 11 is 0. The number of aromatic nitrogens is 1. The molecule has 1 atom stereocenters. The summed E-state index contributed by atoms with van der Waals surface area (Å²) in [6, 6.07) is 0. The highest BCUT2D eigenvalue weighted by Gasteiger charge is 2.32. The molecule has 2 amide bonds. The van der Waals surface area contributed by atoms with Crippen molar-refractivity contribution in [1.29, 1.82) is 0 Å². The van der Waals surface area contributed by atoms with E-state index in [1.54, 1.807) is 18.7 Å². The van der Waals surface area contributed by atoms with Crippen LogP contribution in [0.2, 0.25) is 0 Å². The maximum atomic E-state index is 12.3. The summed E-state index contributed by atoms with van der Waals surface area (Å²) in [7, 11) is 0. The van der Waals surface area contributed by atoms with Crippen molar-refractivity contribution in [2.24, 2.45) is 0 Å². The first kappa shape index (κ1) is 11.6. The molecule has 1 aromatic rings. The third-order valence-corrected chi connectivity index (χ3v) is 3.02. The molecule has 0 radical (unpaired) electrons. The second kappa shape index (κ2) is 4.57. The van der Waals surface area contributed by atoms with Gasteiger partial charge >= 0.3 is 0 Å². The van der Waals surface area contributed by atoms with E-state index in [4.69, 9.17) is 4.52 Å². The summed E-state index contributed by atoms with van der Waals surface area (Å²) in [4.78, 5) is 24.4. The molecule has 0 aromatic carbocycles. The minimum atomic E-state index is -0.214. The number of amides is 2. The molecule has 17 heavy (non-hydrogen) atoms. The topological polar surface area (TPSA) is 75.4 Å². The number of hydrogen-bond donors (Lipinski definition) is 1. The van der Waals surface area contributed by atoms with Crippen LogP contribution in [0.5, 0.6) is 0 Å². The highest BCUT2D eigenvalue weighted by Crippen LogP contribution is 2.21. The van der Waals surface area contributed by atoms with Crippen molar-refractivity contribution in [3.63, 3.8) is 0 Å². The molecule has 2 rings (SSSR count). The van der Waals surface area contributed by atoms with Crippen LogP contribution < -0.4 is 5.32 Å². The summed E-state index contributed by atoms with van der Waals surface area (Å²) in [6.45, 7) is 4.10. The first-order chi connectivity index (χ1) is 8.15. The average molecular weight is 237 g/mol. The SMILES string of the molecule is Cc1noc(C)c1C(=O)N1CCCC1NC=O. The van der Waals surface area contributed by atoms with Gasteiger partial charge in [-0.15, -0.1) is 0 Å². The van der Waals surface area contributed by atoms with Crippen LogP contribution in [-0.4, -0.2) is 35.1 Å². The molecule has 1 saturated heterocycles. The molecule has 6 nitrogen and oxygen atoms in total. The number of aryl methyl sites for hydroxylation is 2. The lowest BCUT2D eigenvalue weighted by molar-refractivity contribution is -0.110. The first-order valence-electron chi connectivity index (χ1n) is 5.58. The van der Waals surface area contributed by atoms with Gasteiger partial charge in [-0.05, 0) is 26.7 Å². The molecular weight excluding hydrogens is 222 g/mol. The molecule has 0 spiro atoms. The molecule has 1 N–H and O–H groups in total. The Balaban J connectivity index is 2.22. The number of carbonyl (C=O) groups excluding carboxylic acids is 2. The number of rotatable bonds is 3. The normalized spacial score (nSPS) is 19.4. The van der Waals surface area contributed by atoms with E-state index < -0.39 is 0 Å². The van der Waals surface area contributed by atoms with Gasteiger partial charge in [-0.2, -0.15) is 0 Å². The lowest BCUT2D eigenvalue weighted by atomic mass is 10.2. The minimum absolute atomic E-state index is 0.127. The second-order valence-corrected chi connectivity index (χ2v) is 4.14. The Bertz CT molecular complexity index is 422. The van der Waals surface area contributed by atoms with Crippen molar-refractivity contribution in [3.05, 3.63) is 17.0 Å². The van der Waals surface area contributed by atoms with Gasteiger partial charge in [0, 0.05) is 6.54 Å². The van der Waals surface area contributed by atoms with Crippen LogP contribution in [-0.2, 0) is 4.79 Å². The minimum Gasteiger partial charge on any atom is -0.361 e. The highest BCUT2D eigenvalue weighted by atomic mass is 16.5. The molecule has 0 aliphatic carbocycles. The van der Waals surface area contributed by atoms with Crippen LogP contribution in [0, 0.1) is 13.8 Å². The van der Waals surface area contributed by atoms with E-state index in [1.807, 2.05) is 0 Å². The first-order valence-corrected chi connectivity index (χ1v) is 5.58. The molecule has 1 aliphatic rings. The molecule has 2 heterocycles. The molecular formula is C11H15N3O3. The molecule has 0 bridgehead atoms. The monoisotopic (exact) mass is 237 g/mol. The van der Waals surface area contributed by atoms with Gasteiger partial charge in [0.25, 0.3) is 5.91 Å². The van der Waals surface area contributed by atoms with Gasteiger partial charge in [-0.1, -0.05) is 5.16 Å². The van der Waals surface area contributed by atoms with Gasteiger partial charge in [0.15, 0.2) is 0 Å². The molecule has 1 unspecified atom stereocenters. The summed E-state index contributed by atoms with van der Waals surface area (Å²) < 4.78 is 4.98. The lowest BCUT2D eigenvalue weighted by Gasteiger charge is -2.23. The highest BCUT2D eigenvalue weighted by molar-refractivity contribution is 5.96. The Hall–Kier alpha value is -1.85. The standard InChI is InChI=1S/C11H15N3O3/c1-7-10(8(2)17-13-7)11(16)14-5-3-4-9(14)12-6-15/h6,9H,3-5H2,1-2H3,(H,12,15). The molecule has 1 aromatic heterocycles. The van der Waals surface area contributed by atoms with Crippen LogP contribution in [0.15, 0.2) is 4.52 Å². The zero-order chi connectivity index (χ0) is 12.4. The Morgan fingerprint density at radius 1 is 1.59 bits per heavy atom. The van der Waals surface area contributed by atoms with Crippen LogP contribution in [0.3, 0.4) is 0 Å². The van der Waals surface area contributed by atoms with Gasteiger partial charge in [0.2, 0.25) is 6.41 Å². The number of nitrogens with one attached hydrogen (secondary N) is 1. The van der Waals surface area contributed by atoms with Crippen molar-refractivity contribution in [2.45, 2.75) is 32.9 Å². The third-order valence-electron chi connectivity index (χ3n) is 3.02. The van der Waals surface area contributed by atoms with Crippen molar-refractivity contribution in [2.75, 3.05) is 6.54 Å². The fraction of sp³-hybridized carbons (Fsp3) is 0.545. The molecule has 92 valence electrons. The van der Waals surface area contributed by atoms with Gasteiger partial charge in [0.05, 0.1) is 5.69 Å². The third kappa shape index (κ3) is 2.02. The Kier molecular flexibility index (Phi) is 3.12. The molecule has 0 saturated carbocycles. The van der Waals surface area contributed by atoms with Crippen LogP contribution in [0.4, 0.5) is 0 Å².